The maximum atomic E-state index is 11.7. The fraction of sp³-hybridized carbons (Fsp3) is 0.571. The van der Waals surface area contributed by atoms with Gasteiger partial charge in [0.1, 0.15) is 10.7 Å². The molecule has 0 aromatic carbocycles. The van der Waals surface area contributed by atoms with Gasteiger partial charge in [0.05, 0.1) is 6.20 Å². The Morgan fingerprint density at radius 2 is 2.29 bits per heavy atom. The van der Waals surface area contributed by atoms with Crippen LogP contribution >= 0.6 is 0 Å². The third kappa shape index (κ3) is 1.60. The number of nitrogen functional groups attached to an aromatic ring is 1. The summed E-state index contributed by atoms with van der Waals surface area (Å²) < 4.78 is 25.9. The number of anilines is 1. The normalized spacial score (nSPS) is 18.0. The highest BCUT2D eigenvalue weighted by Gasteiger charge is 2.26. The monoisotopic (exact) mass is 216 g/mol. The van der Waals surface area contributed by atoms with Crippen LogP contribution in [0.3, 0.4) is 0 Å². The molecule has 0 saturated heterocycles. The van der Waals surface area contributed by atoms with Crippen LogP contribution < -0.4 is 10.5 Å². The molecule has 14 heavy (non-hydrogen) atoms. The van der Waals surface area contributed by atoms with E-state index in [0.29, 0.717) is 0 Å². The van der Waals surface area contributed by atoms with Gasteiger partial charge in [0.25, 0.3) is 0 Å². The minimum Gasteiger partial charge on any atom is -0.383 e. The van der Waals surface area contributed by atoms with Crippen molar-refractivity contribution in [3.05, 3.63) is 6.20 Å². The van der Waals surface area contributed by atoms with Crippen LogP contribution in [0.2, 0.25) is 0 Å². The molecular weight excluding hydrogens is 204 g/mol. The largest absolute Gasteiger partial charge is 0.383 e. The molecule has 4 N–H and O–H groups in total. The average molecular weight is 216 g/mol. The third-order valence-electron chi connectivity index (χ3n) is 2.35. The van der Waals surface area contributed by atoms with Crippen molar-refractivity contribution in [3.63, 3.8) is 0 Å². The molecule has 0 bridgehead atoms. The fourth-order valence-corrected chi connectivity index (χ4v) is 2.64. The number of nitrogens with one attached hydrogen (secondary N) is 2. The highest BCUT2D eigenvalue weighted by molar-refractivity contribution is 7.89. The van der Waals surface area contributed by atoms with Crippen molar-refractivity contribution in [2.24, 2.45) is 0 Å². The van der Waals surface area contributed by atoms with E-state index in [1.54, 1.807) is 0 Å². The molecule has 0 spiro atoms. The summed E-state index contributed by atoms with van der Waals surface area (Å²) in [6.45, 7) is 0. The summed E-state index contributed by atoms with van der Waals surface area (Å²) in [5.74, 6) is 0.0804. The first kappa shape index (κ1) is 9.47. The Morgan fingerprint density at radius 3 is 2.71 bits per heavy atom. The van der Waals surface area contributed by atoms with Crippen molar-refractivity contribution >= 4 is 15.8 Å². The second-order valence-corrected chi connectivity index (χ2v) is 5.08. The van der Waals surface area contributed by atoms with Crippen molar-refractivity contribution in [1.29, 1.82) is 0 Å². The number of hydrogen-bond donors (Lipinski definition) is 3. The van der Waals surface area contributed by atoms with Gasteiger partial charge in [0, 0.05) is 6.04 Å². The lowest BCUT2D eigenvalue weighted by molar-refractivity contribution is 0.383. The summed E-state index contributed by atoms with van der Waals surface area (Å²) in [6, 6.07) is 0.0642. The van der Waals surface area contributed by atoms with E-state index in [4.69, 9.17) is 5.73 Å². The van der Waals surface area contributed by atoms with Gasteiger partial charge in [-0.25, -0.2) is 13.1 Å². The first-order chi connectivity index (χ1) is 6.59. The van der Waals surface area contributed by atoms with Crippen molar-refractivity contribution in [3.8, 4) is 0 Å². The van der Waals surface area contributed by atoms with E-state index in [-0.39, 0.29) is 16.8 Å². The van der Waals surface area contributed by atoms with Gasteiger partial charge in [-0.1, -0.05) is 6.42 Å². The van der Waals surface area contributed by atoms with Gasteiger partial charge >= 0.3 is 0 Å². The van der Waals surface area contributed by atoms with Crippen LogP contribution in [0.15, 0.2) is 11.1 Å². The number of aromatic nitrogens is 2. The molecule has 1 aromatic rings. The van der Waals surface area contributed by atoms with Gasteiger partial charge in [-0.2, -0.15) is 5.10 Å². The summed E-state index contributed by atoms with van der Waals surface area (Å²) in [5.41, 5.74) is 5.42. The smallest absolute Gasteiger partial charge is 0.246 e. The van der Waals surface area contributed by atoms with Crippen molar-refractivity contribution in [1.82, 2.24) is 14.9 Å². The molecule has 1 saturated carbocycles. The summed E-state index contributed by atoms with van der Waals surface area (Å²) in [4.78, 5) is 0.0319. The highest BCUT2D eigenvalue weighted by Crippen LogP contribution is 2.22. The van der Waals surface area contributed by atoms with Crippen LogP contribution in [-0.4, -0.2) is 24.7 Å². The Bertz CT molecular complexity index is 421. The number of rotatable bonds is 3. The van der Waals surface area contributed by atoms with Crippen LogP contribution in [-0.2, 0) is 10.0 Å². The molecule has 0 amide bonds. The summed E-state index contributed by atoms with van der Waals surface area (Å²) in [7, 11) is -3.48. The molecule has 2 rings (SSSR count). The van der Waals surface area contributed by atoms with Crippen molar-refractivity contribution < 1.29 is 8.42 Å². The first-order valence-electron chi connectivity index (χ1n) is 4.41. The lowest BCUT2D eigenvalue weighted by Crippen LogP contribution is -2.39. The maximum Gasteiger partial charge on any atom is 0.246 e. The van der Waals surface area contributed by atoms with Gasteiger partial charge < -0.3 is 5.73 Å². The predicted molar refractivity (Wildman–Crippen MR) is 51.0 cm³/mol. The van der Waals surface area contributed by atoms with Gasteiger partial charge in [0.15, 0.2) is 0 Å². The average Bonchev–Trinajstić information content (AvgIpc) is 2.45. The van der Waals surface area contributed by atoms with E-state index in [1.165, 1.54) is 6.20 Å². The van der Waals surface area contributed by atoms with Crippen LogP contribution in [0.4, 0.5) is 5.82 Å². The van der Waals surface area contributed by atoms with E-state index in [9.17, 15) is 8.42 Å². The molecule has 1 aromatic heterocycles. The van der Waals surface area contributed by atoms with E-state index < -0.39 is 10.0 Å². The van der Waals surface area contributed by atoms with Crippen LogP contribution in [0.5, 0.6) is 0 Å². The van der Waals surface area contributed by atoms with Crippen molar-refractivity contribution in [2.45, 2.75) is 30.2 Å². The number of hydrogen-bond acceptors (Lipinski definition) is 4. The zero-order valence-corrected chi connectivity index (χ0v) is 8.34. The molecule has 78 valence electrons. The molecule has 1 aliphatic rings. The van der Waals surface area contributed by atoms with Gasteiger partial charge in [0.2, 0.25) is 10.0 Å². The molecular formula is C7H12N4O2S. The molecule has 1 fully saturated rings. The maximum absolute atomic E-state index is 11.7. The highest BCUT2D eigenvalue weighted by atomic mass is 32.2. The molecule has 0 aliphatic heterocycles. The summed E-state index contributed by atoms with van der Waals surface area (Å²) in [6.07, 6.45) is 4.10. The Kier molecular flexibility index (Phi) is 2.20. The molecule has 1 heterocycles. The molecule has 1 aliphatic carbocycles. The first-order valence-corrected chi connectivity index (χ1v) is 5.89. The molecule has 7 heteroatoms. The number of aromatic amines is 1. The quantitative estimate of drug-likeness (QED) is 0.652. The number of sulfonamides is 1. The Balaban J connectivity index is 2.19. The summed E-state index contributed by atoms with van der Waals surface area (Å²) in [5, 5.41) is 5.96. The third-order valence-corrected chi connectivity index (χ3v) is 3.90. The van der Waals surface area contributed by atoms with E-state index in [2.05, 4.69) is 14.9 Å². The number of H-pyrrole nitrogens is 1. The zero-order chi connectivity index (χ0) is 10.2. The minimum atomic E-state index is -3.48. The molecule has 0 unspecified atom stereocenters. The van der Waals surface area contributed by atoms with Crippen LogP contribution in [0.25, 0.3) is 0 Å². The predicted octanol–water partition coefficient (Wildman–Crippen LogP) is -0.177. The summed E-state index contributed by atoms with van der Waals surface area (Å²) >= 11 is 0. The topological polar surface area (TPSA) is 101 Å². The van der Waals surface area contributed by atoms with E-state index in [1.807, 2.05) is 0 Å². The van der Waals surface area contributed by atoms with Gasteiger partial charge in [-0.3, -0.25) is 5.10 Å². The van der Waals surface area contributed by atoms with E-state index in [0.717, 1.165) is 19.3 Å². The number of nitrogens with zero attached hydrogens (tertiary/aromatic N) is 1. The Morgan fingerprint density at radius 1 is 1.57 bits per heavy atom. The lowest BCUT2D eigenvalue weighted by Gasteiger charge is -2.25. The van der Waals surface area contributed by atoms with Gasteiger partial charge in [-0.05, 0) is 12.8 Å². The second kappa shape index (κ2) is 3.25. The van der Waals surface area contributed by atoms with E-state index >= 15 is 0 Å². The molecule has 6 nitrogen and oxygen atoms in total. The Hall–Kier alpha value is -1.08. The molecule has 0 radical (unpaired) electrons. The fourth-order valence-electron chi connectivity index (χ4n) is 1.31. The van der Waals surface area contributed by atoms with Gasteiger partial charge in [-0.15, -0.1) is 0 Å². The van der Waals surface area contributed by atoms with Crippen LogP contribution in [0.1, 0.15) is 19.3 Å². The Labute approximate surface area is 81.9 Å². The molecule has 0 atom stereocenters. The number of nitrogens with two attached hydrogens (primary N) is 1. The SMILES string of the molecule is Nc1[nH]ncc1S(=O)(=O)NC1CCC1. The standard InChI is InChI=1S/C7H12N4O2S/c8-7-6(4-9-10-7)14(12,13)11-5-2-1-3-5/h4-5,11H,1-3H2,(H3,8,9,10). The van der Waals surface area contributed by atoms with Crippen LogP contribution in [0, 0.1) is 0 Å². The zero-order valence-electron chi connectivity index (χ0n) is 7.53. The second-order valence-electron chi connectivity index (χ2n) is 3.40. The van der Waals surface area contributed by atoms with Crippen molar-refractivity contribution in [2.75, 3.05) is 5.73 Å². The minimum absolute atomic E-state index is 0.0319. The lowest BCUT2D eigenvalue weighted by atomic mass is 9.94.